The van der Waals surface area contributed by atoms with E-state index in [1.54, 1.807) is 6.92 Å². The quantitative estimate of drug-likeness (QED) is 0.713. The normalized spacial score (nSPS) is 22.5. The van der Waals surface area contributed by atoms with Crippen LogP contribution in [0.15, 0.2) is 4.52 Å². The molecule has 0 N–H and O–H groups in total. The molecule has 2 rings (SSSR count). The number of hydrogen-bond donors (Lipinski definition) is 0. The summed E-state index contributed by atoms with van der Waals surface area (Å²) in [5, 5.41) is 3.47. The predicted molar refractivity (Wildman–Crippen MR) is 56.3 cm³/mol. The fourth-order valence-corrected chi connectivity index (χ4v) is 3.40. The van der Waals surface area contributed by atoms with Crippen LogP contribution >= 0.6 is 0 Å². The van der Waals surface area contributed by atoms with E-state index in [9.17, 15) is 13.2 Å². The minimum atomic E-state index is -3.01. The lowest BCUT2D eigenvalue weighted by molar-refractivity contribution is 0.0508. The highest BCUT2D eigenvalue weighted by Gasteiger charge is 2.33. The number of rotatable bonds is 3. The van der Waals surface area contributed by atoms with E-state index in [0.717, 1.165) is 0 Å². The van der Waals surface area contributed by atoms with Gasteiger partial charge in [0, 0.05) is 0 Å². The highest BCUT2D eigenvalue weighted by molar-refractivity contribution is 7.91. The third-order valence-electron chi connectivity index (χ3n) is 2.48. The average molecular weight is 260 g/mol. The highest BCUT2D eigenvalue weighted by Crippen LogP contribution is 2.27. The summed E-state index contributed by atoms with van der Waals surface area (Å²) in [5.74, 6) is -0.828. The largest absolute Gasteiger partial charge is 0.460 e. The third-order valence-corrected chi connectivity index (χ3v) is 4.25. The van der Waals surface area contributed by atoms with E-state index in [1.165, 1.54) is 0 Å². The Kier molecular flexibility index (Phi) is 3.14. The van der Waals surface area contributed by atoms with Gasteiger partial charge in [0.05, 0.1) is 24.0 Å². The van der Waals surface area contributed by atoms with Crippen LogP contribution in [0.4, 0.5) is 0 Å². The monoisotopic (exact) mass is 260 g/mol. The molecule has 1 saturated heterocycles. The molecule has 1 unspecified atom stereocenters. The van der Waals surface area contributed by atoms with Gasteiger partial charge in [0.25, 0.3) is 5.82 Å². The minimum absolute atomic E-state index is 0.00252. The average Bonchev–Trinajstić information content (AvgIpc) is 2.84. The molecule has 0 saturated carbocycles. The number of carbonyl (C=O) groups excluding carboxylic acids is 1. The molecule has 0 amide bonds. The van der Waals surface area contributed by atoms with E-state index >= 15 is 0 Å². The Morgan fingerprint density at radius 3 is 2.94 bits per heavy atom. The Bertz CT molecular complexity index is 521. The molecule has 7 nitrogen and oxygen atoms in total. The molecule has 0 bridgehead atoms. The zero-order valence-corrected chi connectivity index (χ0v) is 10.1. The molecule has 1 aromatic heterocycles. The summed E-state index contributed by atoms with van der Waals surface area (Å²) in [6.07, 6.45) is 0.451. The van der Waals surface area contributed by atoms with Gasteiger partial charge >= 0.3 is 5.97 Å². The summed E-state index contributed by atoms with van der Waals surface area (Å²) in [6, 6.07) is 0. The van der Waals surface area contributed by atoms with Gasteiger partial charge in [-0.15, -0.1) is 0 Å². The van der Waals surface area contributed by atoms with Crippen LogP contribution in [-0.2, 0) is 14.6 Å². The van der Waals surface area contributed by atoms with Crippen molar-refractivity contribution < 1.29 is 22.5 Å². The molecule has 1 atom stereocenters. The number of ether oxygens (including phenoxy) is 1. The second kappa shape index (κ2) is 4.44. The highest BCUT2D eigenvalue weighted by atomic mass is 32.2. The maximum absolute atomic E-state index is 11.3. The molecule has 2 heterocycles. The number of aromatic nitrogens is 2. The van der Waals surface area contributed by atoms with Crippen LogP contribution < -0.4 is 0 Å². The van der Waals surface area contributed by atoms with Crippen LogP contribution in [0.2, 0.25) is 0 Å². The van der Waals surface area contributed by atoms with Gasteiger partial charge in [-0.1, -0.05) is 0 Å². The SMILES string of the molecule is CCOC(=O)c1noc(C2CCS(=O)(=O)C2)n1. The molecule has 17 heavy (non-hydrogen) atoms. The second-order valence-electron chi connectivity index (χ2n) is 3.78. The first-order chi connectivity index (χ1) is 8.02. The van der Waals surface area contributed by atoms with Crippen molar-refractivity contribution >= 4 is 15.8 Å². The first-order valence-corrected chi connectivity index (χ1v) is 7.05. The Morgan fingerprint density at radius 1 is 1.59 bits per heavy atom. The van der Waals surface area contributed by atoms with Crippen LogP contribution in [0.5, 0.6) is 0 Å². The Balaban J connectivity index is 2.11. The maximum atomic E-state index is 11.3. The Labute approximate surface area is 98.1 Å². The van der Waals surface area contributed by atoms with Gasteiger partial charge in [-0.3, -0.25) is 0 Å². The molecule has 94 valence electrons. The number of esters is 1. The van der Waals surface area contributed by atoms with E-state index in [-0.39, 0.29) is 35.7 Å². The van der Waals surface area contributed by atoms with E-state index in [1.807, 2.05) is 0 Å². The van der Waals surface area contributed by atoms with Crippen molar-refractivity contribution in [1.82, 2.24) is 10.1 Å². The number of hydrogen-bond acceptors (Lipinski definition) is 7. The number of nitrogens with zero attached hydrogens (tertiary/aromatic N) is 2. The topological polar surface area (TPSA) is 99.4 Å². The van der Waals surface area contributed by atoms with Gasteiger partial charge in [0.2, 0.25) is 5.89 Å². The fraction of sp³-hybridized carbons (Fsp3) is 0.667. The van der Waals surface area contributed by atoms with Crippen molar-refractivity contribution in [3.63, 3.8) is 0 Å². The van der Waals surface area contributed by atoms with Gasteiger partial charge in [-0.25, -0.2) is 13.2 Å². The van der Waals surface area contributed by atoms with Gasteiger partial charge in [-0.05, 0) is 18.5 Å². The molecule has 8 heteroatoms. The van der Waals surface area contributed by atoms with E-state index in [2.05, 4.69) is 10.1 Å². The third kappa shape index (κ3) is 2.63. The molecule has 0 radical (unpaired) electrons. The second-order valence-corrected chi connectivity index (χ2v) is 6.01. The molecule has 0 spiro atoms. The number of sulfone groups is 1. The zero-order valence-electron chi connectivity index (χ0n) is 9.25. The standard InChI is InChI=1S/C9H12N2O5S/c1-2-15-9(12)7-10-8(16-11-7)6-3-4-17(13,14)5-6/h6H,2-5H2,1H3. The van der Waals surface area contributed by atoms with Gasteiger partial charge in [0.1, 0.15) is 0 Å². The van der Waals surface area contributed by atoms with E-state index in [4.69, 9.17) is 9.26 Å². The van der Waals surface area contributed by atoms with Gasteiger partial charge < -0.3 is 9.26 Å². The molecule has 1 aliphatic rings. The molecular formula is C9H12N2O5S. The first-order valence-electron chi connectivity index (χ1n) is 5.23. The van der Waals surface area contributed by atoms with Crippen molar-refractivity contribution in [2.75, 3.05) is 18.1 Å². The summed E-state index contributed by atoms with van der Waals surface area (Å²) >= 11 is 0. The maximum Gasteiger partial charge on any atom is 0.379 e. The predicted octanol–water partition coefficient (Wildman–Crippen LogP) is 0.148. The Hall–Kier alpha value is -1.44. The lowest BCUT2D eigenvalue weighted by atomic mass is 10.1. The van der Waals surface area contributed by atoms with Crippen LogP contribution in [0.25, 0.3) is 0 Å². The summed E-state index contributed by atoms with van der Waals surface area (Å²) in [6.45, 7) is 1.89. The van der Waals surface area contributed by atoms with Crippen LogP contribution in [0.1, 0.15) is 35.8 Å². The first kappa shape index (κ1) is 12.0. The summed E-state index contributed by atoms with van der Waals surface area (Å²) in [5.41, 5.74) is 0. The van der Waals surface area contributed by atoms with Crippen LogP contribution in [0, 0.1) is 0 Å². The van der Waals surface area contributed by atoms with E-state index in [0.29, 0.717) is 6.42 Å². The van der Waals surface area contributed by atoms with Gasteiger partial charge in [0.15, 0.2) is 9.84 Å². The van der Waals surface area contributed by atoms with Crippen molar-refractivity contribution in [2.24, 2.45) is 0 Å². The van der Waals surface area contributed by atoms with E-state index < -0.39 is 15.8 Å². The van der Waals surface area contributed by atoms with Crippen molar-refractivity contribution in [1.29, 1.82) is 0 Å². The molecule has 1 aromatic rings. The summed E-state index contributed by atoms with van der Waals surface area (Å²) in [7, 11) is -3.01. The molecule has 1 aliphatic heterocycles. The van der Waals surface area contributed by atoms with Crippen molar-refractivity contribution in [2.45, 2.75) is 19.3 Å². The minimum Gasteiger partial charge on any atom is -0.460 e. The smallest absolute Gasteiger partial charge is 0.379 e. The summed E-state index contributed by atoms with van der Waals surface area (Å²) < 4.78 is 32.1. The Morgan fingerprint density at radius 2 is 2.35 bits per heavy atom. The van der Waals surface area contributed by atoms with Gasteiger partial charge in [-0.2, -0.15) is 4.98 Å². The van der Waals surface area contributed by atoms with Crippen LogP contribution in [-0.4, -0.2) is 42.6 Å². The molecular weight excluding hydrogens is 248 g/mol. The molecule has 1 fully saturated rings. The summed E-state index contributed by atoms with van der Waals surface area (Å²) in [4.78, 5) is 15.1. The molecule has 0 aliphatic carbocycles. The fourth-order valence-electron chi connectivity index (χ4n) is 1.67. The van der Waals surface area contributed by atoms with Crippen molar-refractivity contribution in [3.05, 3.63) is 11.7 Å². The van der Waals surface area contributed by atoms with Crippen LogP contribution in [0.3, 0.4) is 0 Å². The number of carbonyl (C=O) groups is 1. The lowest BCUT2D eigenvalue weighted by Crippen LogP contribution is -2.08. The van der Waals surface area contributed by atoms with Crippen molar-refractivity contribution in [3.8, 4) is 0 Å². The lowest BCUT2D eigenvalue weighted by Gasteiger charge is -1.98. The molecule has 0 aromatic carbocycles. The zero-order chi connectivity index (χ0) is 12.5.